The molecule has 40 heavy (non-hydrogen) atoms. The van der Waals surface area contributed by atoms with Crippen LogP contribution in [0, 0.1) is 0 Å². The highest BCUT2D eigenvalue weighted by Gasteiger charge is 2.40. The topological polar surface area (TPSA) is 21.7 Å². The lowest BCUT2D eigenvalue weighted by Gasteiger charge is -2.29. The van der Waals surface area contributed by atoms with E-state index in [1.807, 2.05) is 0 Å². The van der Waals surface area contributed by atoms with Gasteiger partial charge in [0, 0.05) is 19.4 Å². The SMILES string of the molecule is CCCCC/C=C\CCCCCCCCC1(CCCCCCCC/C=C\CCCCC)OCC(CCN(C)C)O1. The molecule has 0 bridgehead atoms. The Morgan fingerprint density at radius 2 is 0.975 bits per heavy atom. The summed E-state index contributed by atoms with van der Waals surface area (Å²) in [7, 11) is 4.30. The van der Waals surface area contributed by atoms with E-state index in [0.29, 0.717) is 0 Å². The van der Waals surface area contributed by atoms with Crippen LogP contribution in [-0.2, 0) is 9.47 Å². The Kier molecular flexibility index (Phi) is 25.4. The quantitative estimate of drug-likeness (QED) is 0.0669. The van der Waals surface area contributed by atoms with Gasteiger partial charge >= 0.3 is 0 Å². The van der Waals surface area contributed by atoms with E-state index < -0.39 is 0 Å². The lowest BCUT2D eigenvalue weighted by molar-refractivity contribution is -0.180. The normalized spacial score (nSPS) is 17.3. The smallest absolute Gasteiger partial charge is 0.168 e. The Balaban J connectivity index is 2.19. The van der Waals surface area contributed by atoms with Gasteiger partial charge in [0.05, 0.1) is 12.7 Å². The summed E-state index contributed by atoms with van der Waals surface area (Å²) in [5, 5.41) is 0. The molecule has 1 fully saturated rings. The van der Waals surface area contributed by atoms with Crippen molar-refractivity contribution in [2.45, 2.75) is 186 Å². The second-order valence-corrected chi connectivity index (χ2v) is 12.8. The first-order chi connectivity index (χ1) is 19.6. The zero-order valence-electron chi connectivity index (χ0n) is 27.7. The number of ether oxygens (including phenoxy) is 2. The number of allylic oxidation sites excluding steroid dienone is 4. The molecule has 1 saturated heterocycles. The molecule has 0 aromatic heterocycles. The molecule has 236 valence electrons. The lowest BCUT2D eigenvalue weighted by Crippen LogP contribution is -2.31. The number of nitrogens with zero attached hydrogens (tertiary/aromatic N) is 1. The molecule has 1 heterocycles. The molecular weight excluding hydrogens is 490 g/mol. The average molecular weight is 562 g/mol. The molecule has 0 radical (unpaired) electrons. The molecule has 0 aliphatic carbocycles. The molecule has 0 amide bonds. The maximum Gasteiger partial charge on any atom is 0.168 e. The molecule has 0 spiro atoms. The minimum Gasteiger partial charge on any atom is -0.347 e. The van der Waals surface area contributed by atoms with Gasteiger partial charge in [0.2, 0.25) is 0 Å². The summed E-state index contributed by atoms with van der Waals surface area (Å²) < 4.78 is 13.1. The minimum absolute atomic E-state index is 0.271. The summed E-state index contributed by atoms with van der Waals surface area (Å²) in [6, 6.07) is 0. The molecule has 1 atom stereocenters. The van der Waals surface area contributed by atoms with Crippen molar-refractivity contribution in [1.29, 1.82) is 0 Å². The van der Waals surface area contributed by atoms with Crippen LogP contribution in [0.5, 0.6) is 0 Å². The van der Waals surface area contributed by atoms with Crippen molar-refractivity contribution in [2.24, 2.45) is 0 Å². The molecule has 0 N–H and O–H groups in total. The second-order valence-electron chi connectivity index (χ2n) is 12.8. The monoisotopic (exact) mass is 562 g/mol. The molecule has 1 rings (SSSR count). The van der Waals surface area contributed by atoms with E-state index in [1.54, 1.807) is 0 Å². The van der Waals surface area contributed by atoms with E-state index in [-0.39, 0.29) is 11.9 Å². The van der Waals surface area contributed by atoms with Crippen LogP contribution in [0.2, 0.25) is 0 Å². The number of hydrogen-bond donors (Lipinski definition) is 0. The Bertz CT molecular complexity index is 549. The van der Waals surface area contributed by atoms with Gasteiger partial charge in [0.15, 0.2) is 5.79 Å². The van der Waals surface area contributed by atoms with Gasteiger partial charge in [0.1, 0.15) is 0 Å². The van der Waals surface area contributed by atoms with Crippen LogP contribution < -0.4 is 0 Å². The van der Waals surface area contributed by atoms with Crippen molar-refractivity contribution in [3.8, 4) is 0 Å². The fourth-order valence-corrected chi connectivity index (χ4v) is 5.77. The highest BCUT2D eigenvalue weighted by atomic mass is 16.7. The first-order valence-electron chi connectivity index (χ1n) is 17.9. The van der Waals surface area contributed by atoms with E-state index in [0.717, 1.165) is 32.4 Å². The molecule has 1 aliphatic heterocycles. The summed E-state index contributed by atoms with van der Waals surface area (Å²) in [4.78, 5) is 2.26. The first kappa shape index (κ1) is 37.4. The van der Waals surface area contributed by atoms with E-state index in [2.05, 4.69) is 57.1 Å². The van der Waals surface area contributed by atoms with Gasteiger partial charge in [0.25, 0.3) is 0 Å². The van der Waals surface area contributed by atoms with Crippen molar-refractivity contribution in [3.05, 3.63) is 24.3 Å². The average Bonchev–Trinajstić information content (AvgIpc) is 3.36. The van der Waals surface area contributed by atoms with E-state index in [4.69, 9.17) is 9.47 Å². The first-order valence-corrected chi connectivity index (χ1v) is 17.9. The van der Waals surface area contributed by atoms with Crippen LogP contribution in [-0.4, -0.2) is 44.0 Å². The van der Waals surface area contributed by atoms with Crippen LogP contribution in [0.3, 0.4) is 0 Å². The van der Waals surface area contributed by atoms with E-state index in [1.165, 1.54) is 141 Å². The summed E-state index contributed by atoms with van der Waals surface area (Å²) in [6.45, 7) is 6.41. The molecule has 3 heteroatoms. The van der Waals surface area contributed by atoms with Crippen LogP contribution in [0.4, 0.5) is 0 Å². The summed E-state index contributed by atoms with van der Waals surface area (Å²) in [5.41, 5.74) is 0. The molecule has 0 aromatic carbocycles. The third-order valence-corrected chi connectivity index (χ3v) is 8.45. The molecule has 0 saturated carbocycles. The number of rotatable bonds is 29. The Hall–Kier alpha value is -0.640. The molecule has 0 aromatic rings. The van der Waals surface area contributed by atoms with Crippen molar-refractivity contribution >= 4 is 0 Å². The molecule has 1 unspecified atom stereocenters. The Morgan fingerprint density at radius 1 is 0.575 bits per heavy atom. The van der Waals surface area contributed by atoms with E-state index in [9.17, 15) is 0 Å². The number of hydrogen-bond acceptors (Lipinski definition) is 3. The summed E-state index contributed by atoms with van der Waals surface area (Å²) in [5.74, 6) is -0.303. The fraction of sp³-hybridized carbons (Fsp3) is 0.892. The largest absolute Gasteiger partial charge is 0.347 e. The van der Waals surface area contributed by atoms with Crippen LogP contribution in [0.25, 0.3) is 0 Å². The third-order valence-electron chi connectivity index (χ3n) is 8.45. The molecule has 1 aliphatic rings. The van der Waals surface area contributed by atoms with Crippen LogP contribution >= 0.6 is 0 Å². The van der Waals surface area contributed by atoms with Gasteiger partial charge in [-0.25, -0.2) is 0 Å². The van der Waals surface area contributed by atoms with Crippen LogP contribution in [0.1, 0.15) is 174 Å². The number of unbranched alkanes of at least 4 members (excludes halogenated alkanes) is 18. The fourth-order valence-electron chi connectivity index (χ4n) is 5.77. The third kappa shape index (κ3) is 22.0. The minimum atomic E-state index is -0.303. The predicted molar refractivity (Wildman–Crippen MR) is 177 cm³/mol. The van der Waals surface area contributed by atoms with Crippen molar-refractivity contribution < 1.29 is 9.47 Å². The van der Waals surface area contributed by atoms with Gasteiger partial charge < -0.3 is 14.4 Å². The molecular formula is C37H71NO2. The zero-order valence-corrected chi connectivity index (χ0v) is 27.7. The summed E-state index contributed by atoms with van der Waals surface area (Å²) in [6.07, 6.45) is 42.3. The lowest BCUT2D eigenvalue weighted by atomic mass is 9.98. The van der Waals surface area contributed by atoms with Crippen molar-refractivity contribution in [1.82, 2.24) is 4.90 Å². The Morgan fingerprint density at radius 3 is 1.40 bits per heavy atom. The molecule has 3 nitrogen and oxygen atoms in total. The maximum absolute atomic E-state index is 6.65. The van der Waals surface area contributed by atoms with E-state index >= 15 is 0 Å². The predicted octanol–water partition coefficient (Wildman–Crippen LogP) is 11.6. The van der Waals surface area contributed by atoms with Gasteiger partial charge in [-0.05, 0) is 84.7 Å². The van der Waals surface area contributed by atoms with Crippen molar-refractivity contribution in [3.63, 3.8) is 0 Å². The zero-order chi connectivity index (χ0) is 29.0. The standard InChI is InChI=1S/C37H71NO2/c1-5-7-9-11-13-15-17-19-21-23-25-27-29-32-37(39-35-36(40-37)31-34-38(3)4)33-30-28-26-24-22-20-18-16-14-12-10-8-6-2/h13-16,36H,5-12,17-35H2,1-4H3/b15-13-,16-14-. The van der Waals surface area contributed by atoms with Crippen molar-refractivity contribution in [2.75, 3.05) is 27.2 Å². The van der Waals surface area contributed by atoms with Gasteiger partial charge in [-0.3, -0.25) is 0 Å². The van der Waals surface area contributed by atoms with Gasteiger partial charge in [-0.2, -0.15) is 0 Å². The van der Waals surface area contributed by atoms with Crippen LogP contribution in [0.15, 0.2) is 24.3 Å². The van der Waals surface area contributed by atoms with Gasteiger partial charge in [-0.15, -0.1) is 0 Å². The summed E-state index contributed by atoms with van der Waals surface area (Å²) >= 11 is 0. The highest BCUT2D eigenvalue weighted by Crippen LogP contribution is 2.35. The maximum atomic E-state index is 6.65. The Labute approximate surface area is 251 Å². The van der Waals surface area contributed by atoms with Gasteiger partial charge in [-0.1, -0.05) is 115 Å². The highest BCUT2D eigenvalue weighted by molar-refractivity contribution is 4.82. The second kappa shape index (κ2) is 27.2.